The molecule has 6 nitrogen and oxygen atoms in total. The monoisotopic (exact) mass is 436 g/mol. The van der Waals surface area contributed by atoms with Gasteiger partial charge in [0.15, 0.2) is 0 Å². The topological polar surface area (TPSA) is 57.7 Å². The second kappa shape index (κ2) is 7.50. The molecule has 1 aromatic rings. The second-order valence-electron chi connectivity index (χ2n) is 9.87. The molecule has 2 atom stereocenters. The zero-order chi connectivity index (χ0) is 22.6. The van der Waals surface area contributed by atoms with Crippen LogP contribution in [0.4, 0.5) is 9.18 Å². The standard InChI is InChI=1S/C25H29FN4O2/c1-25(2,3)32-24(31)30-9-7-15(8-10-30)19-12-20-21-17(14-29(20)4)6-5-16-11-18(26)13-27-22(16)23(21)28-19/h5-7,11,13-14,19-20,28H,8-10,12H2,1-4H3. The number of nitrogens with zero attached hydrogens (tertiary/aromatic N) is 3. The van der Waals surface area contributed by atoms with Crippen molar-refractivity contribution in [1.29, 1.82) is 0 Å². The van der Waals surface area contributed by atoms with Gasteiger partial charge in [0, 0.05) is 43.5 Å². The molecule has 0 saturated carbocycles. The van der Waals surface area contributed by atoms with Crippen LogP contribution in [0.3, 0.4) is 0 Å². The van der Waals surface area contributed by atoms with Crippen molar-refractivity contribution in [3.63, 3.8) is 0 Å². The Kier molecular flexibility index (Phi) is 4.87. The summed E-state index contributed by atoms with van der Waals surface area (Å²) < 4.78 is 19.4. The van der Waals surface area contributed by atoms with Crippen LogP contribution >= 0.6 is 0 Å². The number of carbonyl (C=O) groups is 1. The van der Waals surface area contributed by atoms with Crippen molar-refractivity contribution in [2.24, 2.45) is 0 Å². The Morgan fingerprint density at radius 3 is 2.84 bits per heavy atom. The maximum absolute atomic E-state index is 13.9. The van der Waals surface area contributed by atoms with Crippen molar-refractivity contribution < 1.29 is 13.9 Å². The zero-order valence-corrected chi connectivity index (χ0v) is 19.0. The molecule has 4 heterocycles. The summed E-state index contributed by atoms with van der Waals surface area (Å²) in [5, 5.41) is 3.73. The molecule has 1 amide bonds. The first-order valence-corrected chi connectivity index (χ1v) is 11.2. The first-order valence-electron chi connectivity index (χ1n) is 11.2. The average Bonchev–Trinajstić information content (AvgIpc) is 2.97. The minimum absolute atomic E-state index is 0.132. The van der Waals surface area contributed by atoms with E-state index in [2.05, 4.69) is 40.6 Å². The second-order valence-corrected chi connectivity index (χ2v) is 9.87. The molecule has 4 aliphatic rings. The fourth-order valence-corrected chi connectivity index (χ4v) is 4.94. The number of pyridine rings is 1. The van der Waals surface area contributed by atoms with Gasteiger partial charge in [-0.2, -0.15) is 0 Å². The van der Waals surface area contributed by atoms with Gasteiger partial charge in [-0.1, -0.05) is 18.2 Å². The molecule has 0 aromatic carbocycles. The molecule has 2 unspecified atom stereocenters. The van der Waals surface area contributed by atoms with Crippen LogP contribution in [0, 0.1) is 5.82 Å². The van der Waals surface area contributed by atoms with Crippen LogP contribution in [-0.4, -0.2) is 58.7 Å². The summed E-state index contributed by atoms with van der Waals surface area (Å²) in [6, 6.07) is 1.90. The van der Waals surface area contributed by atoms with Crippen molar-refractivity contribution in [3.8, 4) is 0 Å². The van der Waals surface area contributed by atoms with Gasteiger partial charge in [0.1, 0.15) is 11.4 Å². The highest BCUT2D eigenvalue weighted by Gasteiger charge is 2.39. The van der Waals surface area contributed by atoms with Crippen LogP contribution in [0.1, 0.15) is 44.9 Å². The predicted molar refractivity (Wildman–Crippen MR) is 122 cm³/mol. The number of halogens is 1. The molecule has 0 bridgehead atoms. The number of likely N-dealkylation sites (N-methyl/N-ethyl adjacent to an activating group) is 1. The molecule has 5 rings (SSSR count). The van der Waals surface area contributed by atoms with Crippen LogP contribution < -0.4 is 5.32 Å². The van der Waals surface area contributed by atoms with Crippen molar-refractivity contribution in [3.05, 3.63) is 64.4 Å². The SMILES string of the molecule is CN1C=C2C=Cc3cc(F)cnc3C3=C2C1CC(C1=CCN(C(=O)OC(C)(C)C)CC1)N3. The molecule has 3 aliphatic heterocycles. The molecule has 0 saturated heterocycles. The minimum atomic E-state index is -0.500. The number of hydrogen-bond acceptors (Lipinski definition) is 5. The first kappa shape index (κ1) is 20.8. The van der Waals surface area contributed by atoms with Gasteiger partial charge in [-0.3, -0.25) is 4.98 Å². The van der Waals surface area contributed by atoms with E-state index in [-0.39, 0.29) is 24.0 Å². The summed E-state index contributed by atoms with van der Waals surface area (Å²) in [5.41, 5.74) is 5.72. The molecular formula is C25H29FN4O2. The van der Waals surface area contributed by atoms with E-state index in [1.807, 2.05) is 26.8 Å². The average molecular weight is 437 g/mol. The predicted octanol–water partition coefficient (Wildman–Crippen LogP) is 4.09. The largest absolute Gasteiger partial charge is 0.444 e. The van der Waals surface area contributed by atoms with E-state index in [4.69, 9.17) is 4.74 Å². The lowest BCUT2D eigenvalue weighted by Crippen LogP contribution is -2.46. The molecule has 1 N–H and O–H groups in total. The molecule has 1 aliphatic carbocycles. The summed E-state index contributed by atoms with van der Waals surface area (Å²) in [4.78, 5) is 20.9. The number of allylic oxidation sites excluding steroid dienone is 1. The van der Waals surface area contributed by atoms with E-state index in [0.29, 0.717) is 13.1 Å². The van der Waals surface area contributed by atoms with Gasteiger partial charge in [0.05, 0.1) is 23.6 Å². The third kappa shape index (κ3) is 3.70. The van der Waals surface area contributed by atoms with Crippen molar-refractivity contribution in [2.75, 3.05) is 20.1 Å². The number of rotatable bonds is 1. The van der Waals surface area contributed by atoms with E-state index < -0.39 is 5.60 Å². The molecule has 1 aromatic heterocycles. The van der Waals surface area contributed by atoms with Crippen molar-refractivity contribution >= 4 is 17.9 Å². The summed E-state index contributed by atoms with van der Waals surface area (Å²) >= 11 is 0. The first-order chi connectivity index (χ1) is 15.2. The number of nitrogens with one attached hydrogen (secondary N) is 1. The van der Waals surface area contributed by atoms with Gasteiger partial charge in [0.2, 0.25) is 0 Å². The van der Waals surface area contributed by atoms with Crippen LogP contribution in [0.5, 0.6) is 0 Å². The number of hydrogen-bond donors (Lipinski definition) is 1. The Morgan fingerprint density at radius 2 is 2.12 bits per heavy atom. The third-order valence-electron chi connectivity index (χ3n) is 6.43. The zero-order valence-electron chi connectivity index (χ0n) is 19.0. The van der Waals surface area contributed by atoms with E-state index in [9.17, 15) is 9.18 Å². The van der Waals surface area contributed by atoms with Gasteiger partial charge in [-0.25, -0.2) is 9.18 Å². The lowest BCUT2D eigenvalue weighted by molar-refractivity contribution is 0.0264. The minimum Gasteiger partial charge on any atom is -0.444 e. The van der Waals surface area contributed by atoms with Gasteiger partial charge in [-0.15, -0.1) is 0 Å². The van der Waals surface area contributed by atoms with Crippen LogP contribution in [0.15, 0.2) is 47.3 Å². The highest BCUT2D eigenvalue weighted by atomic mass is 19.1. The smallest absolute Gasteiger partial charge is 0.410 e. The summed E-state index contributed by atoms with van der Waals surface area (Å²) in [6.07, 6.45) is 11.0. The van der Waals surface area contributed by atoms with E-state index in [1.165, 1.54) is 23.4 Å². The highest BCUT2D eigenvalue weighted by molar-refractivity contribution is 5.83. The molecule has 168 valence electrons. The maximum atomic E-state index is 13.9. The van der Waals surface area contributed by atoms with Crippen LogP contribution in [0.2, 0.25) is 0 Å². The van der Waals surface area contributed by atoms with Gasteiger partial charge in [-0.05, 0) is 50.8 Å². The molecule has 0 radical (unpaired) electrons. The molecule has 0 fully saturated rings. The number of amides is 1. The quantitative estimate of drug-likeness (QED) is 0.672. The normalized spacial score (nSPS) is 24.3. The Hall–Kier alpha value is -3.09. The van der Waals surface area contributed by atoms with E-state index >= 15 is 0 Å². The number of fused-ring (bicyclic) bond motifs is 2. The fourth-order valence-electron chi connectivity index (χ4n) is 4.94. The molecule has 0 spiro atoms. The van der Waals surface area contributed by atoms with Crippen LogP contribution in [-0.2, 0) is 4.74 Å². The van der Waals surface area contributed by atoms with Gasteiger partial charge >= 0.3 is 6.09 Å². The molecule has 7 heteroatoms. The summed E-state index contributed by atoms with van der Waals surface area (Å²) in [6.45, 7) is 6.82. The summed E-state index contributed by atoms with van der Waals surface area (Å²) in [5.74, 6) is -0.335. The maximum Gasteiger partial charge on any atom is 0.410 e. The Labute approximate surface area is 188 Å². The van der Waals surface area contributed by atoms with E-state index in [1.54, 1.807) is 4.90 Å². The van der Waals surface area contributed by atoms with Gasteiger partial charge in [0.25, 0.3) is 0 Å². The lowest BCUT2D eigenvalue weighted by atomic mass is 9.85. The molecular weight excluding hydrogens is 407 g/mol. The number of carbonyl (C=O) groups excluding carboxylic acids is 1. The third-order valence-corrected chi connectivity index (χ3v) is 6.43. The lowest BCUT2D eigenvalue weighted by Gasteiger charge is -2.38. The Balaban J connectivity index is 1.42. The van der Waals surface area contributed by atoms with E-state index in [0.717, 1.165) is 35.4 Å². The number of ether oxygens (including phenoxy) is 1. The van der Waals surface area contributed by atoms with Gasteiger partial charge < -0.3 is 19.9 Å². The number of aromatic nitrogens is 1. The summed E-state index contributed by atoms with van der Waals surface area (Å²) in [7, 11) is 2.10. The highest BCUT2D eigenvalue weighted by Crippen LogP contribution is 2.42. The van der Waals surface area contributed by atoms with Crippen molar-refractivity contribution in [2.45, 2.75) is 51.3 Å². The fraction of sp³-hybridized carbons (Fsp3) is 0.440. The van der Waals surface area contributed by atoms with Crippen molar-refractivity contribution in [1.82, 2.24) is 20.1 Å². The Bertz CT molecular complexity index is 1100. The molecule has 32 heavy (non-hydrogen) atoms. The van der Waals surface area contributed by atoms with Crippen LogP contribution in [0.25, 0.3) is 11.8 Å². The Morgan fingerprint density at radius 1 is 1.31 bits per heavy atom.